The SMILES string of the molecule is COC(=O)c1nnn(-c2ccc(C)c(F)c2)c1-c1cc[n+](C)cc1. The molecule has 0 radical (unpaired) electrons. The Balaban J connectivity index is 2.23. The fourth-order valence-corrected chi connectivity index (χ4v) is 2.33. The van der Waals surface area contributed by atoms with Crippen molar-refractivity contribution < 1.29 is 18.5 Å². The zero-order chi connectivity index (χ0) is 17.3. The van der Waals surface area contributed by atoms with E-state index >= 15 is 0 Å². The number of hydrogen-bond donors (Lipinski definition) is 0. The largest absolute Gasteiger partial charge is 0.464 e. The minimum atomic E-state index is -0.600. The van der Waals surface area contributed by atoms with Gasteiger partial charge in [0, 0.05) is 17.7 Å². The highest BCUT2D eigenvalue weighted by Crippen LogP contribution is 2.25. The molecule has 2 heterocycles. The molecule has 2 aromatic heterocycles. The first kappa shape index (κ1) is 15.8. The van der Waals surface area contributed by atoms with Crippen LogP contribution in [0.3, 0.4) is 0 Å². The molecule has 1 aromatic carbocycles. The van der Waals surface area contributed by atoms with Gasteiger partial charge in [-0.1, -0.05) is 11.3 Å². The predicted octanol–water partition coefficient (Wildman–Crippen LogP) is 1.99. The normalized spacial score (nSPS) is 10.7. The number of halogens is 1. The molecule has 3 aromatic rings. The van der Waals surface area contributed by atoms with Gasteiger partial charge in [0.15, 0.2) is 18.1 Å². The van der Waals surface area contributed by atoms with Crippen molar-refractivity contribution in [1.29, 1.82) is 0 Å². The molecule has 0 amide bonds. The summed E-state index contributed by atoms with van der Waals surface area (Å²) in [6, 6.07) is 8.38. The Morgan fingerprint density at radius 2 is 1.96 bits per heavy atom. The second-order valence-electron chi connectivity index (χ2n) is 5.38. The number of carbonyl (C=O) groups is 1. The number of benzene rings is 1. The standard InChI is InChI=1S/C17H16FN4O2/c1-11-4-5-13(10-14(11)18)22-16(12-6-8-21(2)9-7-12)15(19-20-22)17(23)24-3/h4-10H,1-3H3/q+1. The summed E-state index contributed by atoms with van der Waals surface area (Å²) in [5.41, 5.74) is 2.25. The van der Waals surface area contributed by atoms with Crippen LogP contribution in [0.5, 0.6) is 0 Å². The van der Waals surface area contributed by atoms with Gasteiger partial charge in [-0.2, -0.15) is 0 Å². The van der Waals surface area contributed by atoms with E-state index in [1.807, 2.05) is 36.1 Å². The summed E-state index contributed by atoms with van der Waals surface area (Å²) in [6.45, 7) is 1.68. The molecule has 0 bridgehead atoms. The quantitative estimate of drug-likeness (QED) is 0.545. The van der Waals surface area contributed by atoms with E-state index in [0.29, 0.717) is 16.9 Å². The number of hydrogen-bond acceptors (Lipinski definition) is 4. The van der Waals surface area contributed by atoms with Crippen molar-refractivity contribution in [2.24, 2.45) is 7.05 Å². The molecule has 6 nitrogen and oxygen atoms in total. The van der Waals surface area contributed by atoms with E-state index in [1.165, 1.54) is 17.9 Å². The van der Waals surface area contributed by atoms with Gasteiger partial charge in [-0.25, -0.2) is 18.4 Å². The first-order valence-electron chi connectivity index (χ1n) is 7.27. The molecule has 0 atom stereocenters. The third-order valence-corrected chi connectivity index (χ3v) is 3.70. The topological polar surface area (TPSA) is 60.9 Å². The van der Waals surface area contributed by atoms with Crippen molar-refractivity contribution >= 4 is 5.97 Å². The number of methoxy groups -OCH3 is 1. The number of nitrogens with zero attached hydrogens (tertiary/aromatic N) is 4. The van der Waals surface area contributed by atoms with E-state index in [4.69, 9.17) is 4.74 Å². The molecule has 0 aliphatic heterocycles. The molecule has 3 rings (SSSR count). The van der Waals surface area contributed by atoms with Gasteiger partial charge in [0.05, 0.1) is 12.8 Å². The summed E-state index contributed by atoms with van der Waals surface area (Å²) in [7, 11) is 3.16. The van der Waals surface area contributed by atoms with E-state index in [-0.39, 0.29) is 11.5 Å². The summed E-state index contributed by atoms with van der Waals surface area (Å²) in [5.74, 6) is -0.954. The van der Waals surface area contributed by atoms with Crippen LogP contribution in [0.4, 0.5) is 4.39 Å². The van der Waals surface area contributed by atoms with Crippen molar-refractivity contribution in [1.82, 2.24) is 15.0 Å². The van der Waals surface area contributed by atoms with E-state index < -0.39 is 5.97 Å². The average molecular weight is 327 g/mol. The van der Waals surface area contributed by atoms with Gasteiger partial charge >= 0.3 is 5.97 Å². The predicted molar refractivity (Wildman–Crippen MR) is 84.0 cm³/mol. The molecule has 0 fully saturated rings. The van der Waals surface area contributed by atoms with Crippen LogP contribution in [-0.2, 0) is 11.8 Å². The maximum absolute atomic E-state index is 13.9. The Bertz CT molecular complexity index is 903. The number of pyridine rings is 1. The van der Waals surface area contributed by atoms with Crippen LogP contribution in [-0.4, -0.2) is 28.1 Å². The van der Waals surface area contributed by atoms with Gasteiger partial charge in [0.2, 0.25) is 0 Å². The van der Waals surface area contributed by atoms with Crippen LogP contribution in [0, 0.1) is 12.7 Å². The Labute approximate surface area is 138 Å². The summed E-state index contributed by atoms with van der Waals surface area (Å²) in [6.07, 6.45) is 3.67. The number of aryl methyl sites for hydroxylation is 2. The van der Waals surface area contributed by atoms with Gasteiger partial charge in [-0.05, 0) is 24.6 Å². The number of carbonyl (C=O) groups excluding carboxylic acids is 1. The molecular formula is C17H16FN4O2+. The van der Waals surface area contributed by atoms with E-state index in [1.54, 1.807) is 19.1 Å². The Kier molecular flexibility index (Phi) is 4.07. The highest BCUT2D eigenvalue weighted by molar-refractivity contribution is 5.94. The number of rotatable bonds is 3. The molecule has 0 aliphatic rings. The molecule has 0 saturated carbocycles. The second-order valence-corrected chi connectivity index (χ2v) is 5.38. The first-order chi connectivity index (χ1) is 11.5. The van der Waals surface area contributed by atoms with Crippen molar-refractivity contribution in [3.8, 4) is 16.9 Å². The first-order valence-corrected chi connectivity index (χ1v) is 7.27. The fourth-order valence-electron chi connectivity index (χ4n) is 2.33. The van der Waals surface area contributed by atoms with Crippen molar-refractivity contribution in [3.05, 3.63) is 59.8 Å². The second kappa shape index (κ2) is 6.19. The van der Waals surface area contributed by atoms with Crippen LogP contribution in [0.2, 0.25) is 0 Å². The lowest BCUT2D eigenvalue weighted by Gasteiger charge is -2.08. The molecule has 122 valence electrons. The summed E-state index contributed by atoms with van der Waals surface area (Å²) in [5, 5.41) is 7.94. The molecule has 24 heavy (non-hydrogen) atoms. The number of esters is 1. The average Bonchev–Trinajstić information content (AvgIpc) is 3.02. The minimum absolute atomic E-state index is 0.0762. The minimum Gasteiger partial charge on any atom is -0.464 e. The Hall–Kier alpha value is -3.09. The summed E-state index contributed by atoms with van der Waals surface area (Å²) in [4.78, 5) is 12.0. The van der Waals surface area contributed by atoms with Crippen LogP contribution in [0.1, 0.15) is 16.1 Å². The van der Waals surface area contributed by atoms with Crippen molar-refractivity contribution in [3.63, 3.8) is 0 Å². The molecule has 0 aliphatic carbocycles. The zero-order valence-electron chi connectivity index (χ0n) is 13.5. The third kappa shape index (κ3) is 2.76. The number of aromatic nitrogens is 4. The van der Waals surface area contributed by atoms with Crippen molar-refractivity contribution in [2.45, 2.75) is 6.92 Å². The Morgan fingerprint density at radius 3 is 2.58 bits per heavy atom. The summed E-state index contributed by atoms with van der Waals surface area (Å²) < 4.78 is 22.0. The van der Waals surface area contributed by atoms with Gasteiger partial charge in [-0.15, -0.1) is 5.10 Å². The molecule has 0 spiro atoms. The molecule has 7 heteroatoms. The highest BCUT2D eigenvalue weighted by atomic mass is 19.1. The van der Waals surface area contributed by atoms with Gasteiger partial charge < -0.3 is 4.74 Å². The summed E-state index contributed by atoms with van der Waals surface area (Å²) >= 11 is 0. The van der Waals surface area contributed by atoms with Gasteiger partial charge in [0.25, 0.3) is 0 Å². The molecular weight excluding hydrogens is 311 g/mol. The lowest BCUT2D eigenvalue weighted by Crippen LogP contribution is -2.25. The maximum Gasteiger partial charge on any atom is 0.360 e. The number of ether oxygens (including phenoxy) is 1. The third-order valence-electron chi connectivity index (χ3n) is 3.70. The van der Waals surface area contributed by atoms with Crippen LogP contribution in [0.25, 0.3) is 16.9 Å². The smallest absolute Gasteiger partial charge is 0.360 e. The van der Waals surface area contributed by atoms with Crippen LogP contribution >= 0.6 is 0 Å². The van der Waals surface area contributed by atoms with Gasteiger partial charge in [0.1, 0.15) is 18.6 Å². The molecule has 0 unspecified atom stereocenters. The van der Waals surface area contributed by atoms with Gasteiger partial charge in [-0.3, -0.25) is 0 Å². The highest BCUT2D eigenvalue weighted by Gasteiger charge is 2.23. The van der Waals surface area contributed by atoms with E-state index in [2.05, 4.69) is 10.3 Å². The van der Waals surface area contributed by atoms with E-state index in [0.717, 1.165) is 5.56 Å². The Morgan fingerprint density at radius 1 is 1.25 bits per heavy atom. The zero-order valence-corrected chi connectivity index (χ0v) is 13.5. The molecule has 0 saturated heterocycles. The van der Waals surface area contributed by atoms with Crippen molar-refractivity contribution in [2.75, 3.05) is 7.11 Å². The lowest BCUT2D eigenvalue weighted by atomic mass is 10.1. The monoisotopic (exact) mass is 327 g/mol. The van der Waals surface area contributed by atoms with E-state index in [9.17, 15) is 9.18 Å². The van der Waals surface area contributed by atoms with Crippen LogP contribution < -0.4 is 4.57 Å². The fraction of sp³-hybridized carbons (Fsp3) is 0.176. The molecule has 0 N–H and O–H groups in total. The lowest BCUT2D eigenvalue weighted by molar-refractivity contribution is -0.671. The van der Waals surface area contributed by atoms with Crippen LogP contribution in [0.15, 0.2) is 42.7 Å². The maximum atomic E-state index is 13.9.